The molecule has 0 heterocycles. The van der Waals surface area contributed by atoms with Crippen LogP contribution in [0.1, 0.15) is 61.4 Å². The van der Waals surface area contributed by atoms with E-state index in [0.717, 1.165) is 24.8 Å². The smallest absolute Gasteiger partial charge is 0.255 e. The zero-order valence-corrected chi connectivity index (χ0v) is 16.6. The molecule has 6 nitrogen and oxygen atoms in total. The summed E-state index contributed by atoms with van der Waals surface area (Å²) in [5.41, 5.74) is 4.40. The molecule has 0 aliphatic heterocycles. The number of hydrogen-bond acceptors (Lipinski definition) is 4. The minimum atomic E-state index is -0.898. The Morgan fingerprint density at radius 3 is 2.28 bits per heavy atom. The number of benzene rings is 2. The van der Waals surface area contributed by atoms with Crippen LogP contribution in [-0.2, 0) is 4.79 Å². The molecular weight excluding hydrogens is 366 g/mol. The van der Waals surface area contributed by atoms with Gasteiger partial charge in [0.15, 0.2) is 0 Å². The van der Waals surface area contributed by atoms with Crippen molar-refractivity contribution in [1.82, 2.24) is 5.43 Å². The number of aliphatic hydroxyl groups is 1. The van der Waals surface area contributed by atoms with E-state index in [1.165, 1.54) is 0 Å². The van der Waals surface area contributed by atoms with Crippen LogP contribution >= 0.6 is 0 Å². The number of hydrogen-bond donors (Lipinski definition) is 3. The van der Waals surface area contributed by atoms with Crippen LogP contribution in [0.25, 0.3) is 0 Å². The van der Waals surface area contributed by atoms with Crippen molar-refractivity contribution < 1.29 is 14.7 Å². The molecule has 2 amide bonds. The highest BCUT2D eigenvalue weighted by atomic mass is 16.3. The first-order chi connectivity index (χ1) is 14.0. The molecule has 1 fully saturated rings. The Kier molecular flexibility index (Phi) is 6.77. The third-order valence-corrected chi connectivity index (χ3v) is 5.22. The molecule has 3 N–H and O–H groups in total. The first kappa shape index (κ1) is 20.7. The van der Waals surface area contributed by atoms with Crippen molar-refractivity contribution in [3.8, 4) is 0 Å². The number of hydrazone groups is 1. The first-order valence-corrected chi connectivity index (χ1v) is 9.98. The summed E-state index contributed by atoms with van der Waals surface area (Å²) in [6.45, 7) is 1.80. The number of carbonyl (C=O) groups is 2. The third kappa shape index (κ3) is 5.99. The van der Waals surface area contributed by atoms with Crippen molar-refractivity contribution in [2.45, 2.75) is 51.0 Å². The Bertz CT molecular complexity index is 870. The van der Waals surface area contributed by atoms with Gasteiger partial charge in [0.2, 0.25) is 5.91 Å². The van der Waals surface area contributed by atoms with Crippen LogP contribution in [0.4, 0.5) is 5.69 Å². The fourth-order valence-corrected chi connectivity index (χ4v) is 3.52. The maximum absolute atomic E-state index is 12.2. The topological polar surface area (TPSA) is 90.8 Å². The fourth-order valence-electron chi connectivity index (χ4n) is 3.52. The van der Waals surface area contributed by atoms with Crippen molar-refractivity contribution in [2.75, 3.05) is 5.32 Å². The van der Waals surface area contributed by atoms with E-state index in [1.807, 2.05) is 30.3 Å². The van der Waals surface area contributed by atoms with Crippen LogP contribution in [0.5, 0.6) is 0 Å². The predicted molar refractivity (Wildman–Crippen MR) is 114 cm³/mol. The zero-order valence-electron chi connectivity index (χ0n) is 16.6. The molecule has 0 aromatic heterocycles. The van der Waals surface area contributed by atoms with Gasteiger partial charge in [0.05, 0.1) is 17.7 Å². The molecule has 2 aromatic rings. The normalized spacial score (nSPS) is 16.1. The number of anilines is 1. The number of amides is 2. The minimum Gasteiger partial charge on any atom is -0.389 e. The molecular formula is C23H27N3O3. The van der Waals surface area contributed by atoms with E-state index < -0.39 is 5.60 Å². The van der Waals surface area contributed by atoms with Crippen LogP contribution in [0, 0.1) is 0 Å². The summed E-state index contributed by atoms with van der Waals surface area (Å²) in [7, 11) is 0. The molecule has 0 bridgehead atoms. The lowest BCUT2D eigenvalue weighted by Crippen LogP contribution is -2.37. The quantitative estimate of drug-likeness (QED) is 0.514. The average Bonchev–Trinajstić information content (AvgIpc) is 2.73. The summed E-state index contributed by atoms with van der Waals surface area (Å²) in [5, 5.41) is 17.5. The van der Waals surface area contributed by atoms with Gasteiger partial charge in [0.25, 0.3) is 5.91 Å². The highest BCUT2D eigenvalue weighted by Gasteiger charge is 2.31. The molecule has 1 aliphatic rings. The van der Waals surface area contributed by atoms with Crippen molar-refractivity contribution >= 4 is 23.2 Å². The molecule has 0 radical (unpaired) electrons. The molecule has 2 aromatic carbocycles. The number of nitrogens with one attached hydrogen (secondary N) is 2. The van der Waals surface area contributed by atoms with Crippen LogP contribution in [0.2, 0.25) is 0 Å². The van der Waals surface area contributed by atoms with Gasteiger partial charge in [-0.15, -0.1) is 0 Å². The summed E-state index contributed by atoms with van der Waals surface area (Å²) in [5.74, 6) is -0.447. The molecule has 1 aliphatic carbocycles. The Balaban J connectivity index is 1.54. The largest absolute Gasteiger partial charge is 0.389 e. The highest BCUT2D eigenvalue weighted by Crippen LogP contribution is 2.30. The standard InChI is InChI=1S/C23H27N3O3/c1-17(25-26-21(27)16-23(29)14-6-3-7-15-23)18-10-12-20(13-11-18)24-22(28)19-8-4-2-5-9-19/h2,4-5,8-13,29H,3,6-7,14-16H2,1H3,(H,24,28)(H,26,27). The Morgan fingerprint density at radius 1 is 0.966 bits per heavy atom. The van der Waals surface area contributed by atoms with Gasteiger partial charge in [-0.2, -0.15) is 5.10 Å². The second-order valence-corrected chi connectivity index (χ2v) is 7.59. The summed E-state index contributed by atoms with van der Waals surface area (Å²) in [4.78, 5) is 24.3. The average molecular weight is 393 g/mol. The second kappa shape index (κ2) is 9.47. The van der Waals surface area contributed by atoms with Crippen molar-refractivity contribution in [3.05, 3.63) is 65.7 Å². The molecule has 0 atom stereocenters. The van der Waals surface area contributed by atoms with Gasteiger partial charge < -0.3 is 10.4 Å². The van der Waals surface area contributed by atoms with E-state index in [-0.39, 0.29) is 18.2 Å². The predicted octanol–water partition coefficient (Wildman–Crippen LogP) is 3.86. The van der Waals surface area contributed by atoms with E-state index in [9.17, 15) is 14.7 Å². The maximum atomic E-state index is 12.2. The molecule has 152 valence electrons. The van der Waals surface area contributed by atoms with Gasteiger partial charge in [-0.05, 0) is 49.6 Å². The highest BCUT2D eigenvalue weighted by molar-refractivity contribution is 6.05. The van der Waals surface area contributed by atoms with Crippen LogP contribution in [-0.4, -0.2) is 28.2 Å². The maximum Gasteiger partial charge on any atom is 0.255 e. The van der Waals surface area contributed by atoms with Crippen molar-refractivity contribution in [3.63, 3.8) is 0 Å². The van der Waals surface area contributed by atoms with E-state index in [4.69, 9.17) is 0 Å². The summed E-state index contributed by atoms with van der Waals surface area (Å²) in [6, 6.07) is 16.3. The summed E-state index contributed by atoms with van der Waals surface area (Å²) >= 11 is 0. The molecule has 0 saturated heterocycles. The second-order valence-electron chi connectivity index (χ2n) is 7.59. The number of rotatable bonds is 6. The van der Waals surface area contributed by atoms with E-state index >= 15 is 0 Å². The molecule has 3 rings (SSSR count). The van der Waals surface area contributed by atoms with E-state index in [1.54, 1.807) is 31.2 Å². The molecule has 0 spiro atoms. The first-order valence-electron chi connectivity index (χ1n) is 9.98. The monoisotopic (exact) mass is 393 g/mol. The van der Waals surface area contributed by atoms with Gasteiger partial charge in [0.1, 0.15) is 0 Å². The number of nitrogens with zero attached hydrogens (tertiary/aromatic N) is 1. The van der Waals surface area contributed by atoms with Crippen molar-refractivity contribution in [2.24, 2.45) is 5.10 Å². The van der Waals surface area contributed by atoms with Crippen molar-refractivity contribution in [1.29, 1.82) is 0 Å². The van der Waals surface area contributed by atoms with Crippen LogP contribution in [0.3, 0.4) is 0 Å². The Labute approximate surface area is 171 Å². The lowest BCUT2D eigenvalue weighted by Gasteiger charge is -2.31. The van der Waals surface area contributed by atoms with Crippen LogP contribution in [0.15, 0.2) is 59.7 Å². The lowest BCUT2D eigenvalue weighted by molar-refractivity contribution is -0.127. The Hall–Kier alpha value is -2.99. The molecule has 29 heavy (non-hydrogen) atoms. The van der Waals surface area contributed by atoms with Gasteiger partial charge >= 0.3 is 0 Å². The molecule has 1 saturated carbocycles. The Morgan fingerprint density at radius 2 is 1.62 bits per heavy atom. The zero-order chi connectivity index (χ0) is 20.7. The van der Waals surface area contributed by atoms with Gasteiger partial charge in [0, 0.05) is 11.3 Å². The van der Waals surface area contributed by atoms with E-state index in [0.29, 0.717) is 29.8 Å². The fraction of sp³-hybridized carbons (Fsp3) is 0.348. The SMILES string of the molecule is CC(=NNC(=O)CC1(O)CCCCC1)c1ccc(NC(=O)c2ccccc2)cc1. The van der Waals surface area contributed by atoms with Gasteiger partial charge in [-0.1, -0.05) is 49.6 Å². The van der Waals surface area contributed by atoms with Crippen LogP contribution < -0.4 is 10.7 Å². The molecule has 0 unspecified atom stereocenters. The van der Waals surface area contributed by atoms with Gasteiger partial charge in [-0.25, -0.2) is 5.43 Å². The third-order valence-electron chi connectivity index (χ3n) is 5.22. The van der Waals surface area contributed by atoms with E-state index in [2.05, 4.69) is 15.8 Å². The lowest BCUT2D eigenvalue weighted by atomic mass is 9.82. The molecule has 6 heteroatoms. The van der Waals surface area contributed by atoms with Gasteiger partial charge in [-0.3, -0.25) is 9.59 Å². The summed E-state index contributed by atoms with van der Waals surface area (Å²) < 4.78 is 0. The summed E-state index contributed by atoms with van der Waals surface area (Å²) in [6.07, 6.45) is 4.44. The number of carbonyl (C=O) groups excluding carboxylic acids is 2. The minimum absolute atomic E-state index is 0.0776.